The Hall–Kier alpha value is -0.550. The van der Waals surface area contributed by atoms with Gasteiger partial charge in [0.15, 0.2) is 0 Å². The summed E-state index contributed by atoms with van der Waals surface area (Å²) in [6, 6.07) is 2.39. The molecule has 1 N–H and O–H groups in total. The average molecular weight is 180 g/mol. The smallest absolute Gasteiger partial charge is 0.0703 e. The Morgan fingerprint density at radius 3 is 2.62 bits per heavy atom. The Kier molecular flexibility index (Phi) is 3.74. The fourth-order valence-electron chi connectivity index (χ4n) is 1.44. The summed E-state index contributed by atoms with van der Waals surface area (Å²) in [7, 11) is 0. The maximum Gasteiger partial charge on any atom is 0.0703 e. The Morgan fingerprint density at radius 2 is 2.15 bits per heavy atom. The normalized spacial score (nSPS) is 18.6. The van der Waals surface area contributed by atoms with Gasteiger partial charge in [-0.1, -0.05) is 13.8 Å². The van der Waals surface area contributed by atoms with Gasteiger partial charge in [0.1, 0.15) is 0 Å². The highest BCUT2D eigenvalue weighted by molar-refractivity contribution is 5.10. The van der Waals surface area contributed by atoms with E-state index in [9.17, 15) is 0 Å². The monoisotopic (exact) mass is 180 g/mol. The van der Waals surface area contributed by atoms with E-state index in [0.717, 1.165) is 31.8 Å². The van der Waals surface area contributed by atoms with E-state index in [0.29, 0.717) is 0 Å². The number of nitrogens with zero attached hydrogens (tertiary/aromatic N) is 1. The van der Waals surface area contributed by atoms with Crippen molar-refractivity contribution in [3.8, 4) is 6.07 Å². The molecule has 0 spiro atoms. The number of nitrogens with one attached hydrogen (secondary N) is 1. The molecule has 2 nitrogen and oxygen atoms in total. The van der Waals surface area contributed by atoms with Gasteiger partial charge in [-0.3, -0.25) is 0 Å². The molecule has 1 aliphatic rings. The molecule has 0 amide bonds. The van der Waals surface area contributed by atoms with Crippen molar-refractivity contribution in [1.82, 2.24) is 5.32 Å². The Balaban J connectivity index is 1.93. The summed E-state index contributed by atoms with van der Waals surface area (Å²) in [5.74, 6) is 0.799. The molecule has 1 aliphatic carbocycles. The van der Waals surface area contributed by atoms with Gasteiger partial charge in [0.05, 0.1) is 11.5 Å². The van der Waals surface area contributed by atoms with Crippen molar-refractivity contribution < 1.29 is 0 Å². The van der Waals surface area contributed by atoms with Gasteiger partial charge in [0.2, 0.25) is 0 Å². The molecule has 0 bridgehead atoms. The van der Waals surface area contributed by atoms with Gasteiger partial charge >= 0.3 is 0 Å². The standard InChI is InChI=1S/C11H20N2/c1-10(2)4-3-7-13-9-11(8-12)5-6-11/h10,13H,3-7,9H2,1-2H3. The fourth-order valence-corrected chi connectivity index (χ4v) is 1.44. The lowest BCUT2D eigenvalue weighted by atomic mass is 10.1. The average Bonchev–Trinajstić information content (AvgIpc) is 2.84. The Morgan fingerprint density at radius 1 is 1.46 bits per heavy atom. The first-order chi connectivity index (χ1) is 6.18. The first kappa shape index (κ1) is 10.5. The highest BCUT2D eigenvalue weighted by Crippen LogP contribution is 2.43. The second-order valence-corrected chi connectivity index (χ2v) is 4.60. The third-order valence-electron chi connectivity index (χ3n) is 2.69. The molecule has 0 radical (unpaired) electrons. The third kappa shape index (κ3) is 3.78. The van der Waals surface area contributed by atoms with Crippen LogP contribution < -0.4 is 5.32 Å². The van der Waals surface area contributed by atoms with Crippen molar-refractivity contribution in [3.05, 3.63) is 0 Å². The maximum absolute atomic E-state index is 8.81. The van der Waals surface area contributed by atoms with Crippen LogP contribution in [0.2, 0.25) is 0 Å². The minimum atomic E-state index is 0.0256. The van der Waals surface area contributed by atoms with Crippen molar-refractivity contribution in [1.29, 1.82) is 5.26 Å². The van der Waals surface area contributed by atoms with Gasteiger partial charge in [0, 0.05) is 6.54 Å². The summed E-state index contributed by atoms with van der Waals surface area (Å²) >= 11 is 0. The fraction of sp³-hybridized carbons (Fsp3) is 0.909. The Labute approximate surface area is 81.3 Å². The molecule has 1 fully saturated rings. The molecular weight excluding hydrogens is 160 g/mol. The highest BCUT2D eigenvalue weighted by Gasteiger charge is 2.42. The van der Waals surface area contributed by atoms with Crippen LogP contribution in [0, 0.1) is 22.7 Å². The van der Waals surface area contributed by atoms with Crippen molar-refractivity contribution in [2.75, 3.05) is 13.1 Å². The van der Waals surface area contributed by atoms with Crippen molar-refractivity contribution >= 4 is 0 Å². The summed E-state index contributed by atoms with van der Waals surface area (Å²) in [5.41, 5.74) is 0.0256. The zero-order valence-corrected chi connectivity index (χ0v) is 8.77. The van der Waals surface area contributed by atoms with Crippen LogP contribution in [-0.2, 0) is 0 Å². The van der Waals surface area contributed by atoms with Crippen LogP contribution in [0.3, 0.4) is 0 Å². The lowest BCUT2D eigenvalue weighted by Gasteiger charge is -2.08. The van der Waals surface area contributed by atoms with E-state index in [-0.39, 0.29) is 5.41 Å². The van der Waals surface area contributed by atoms with E-state index >= 15 is 0 Å². The van der Waals surface area contributed by atoms with E-state index in [4.69, 9.17) is 5.26 Å². The van der Waals surface area contributed by atoms with Crippen molar-refractivity contribution in [3.63, 3.8) is 0 Å². The summed E-state index contributed by atoms with van der Waals surface area (Å²) in [6.07, 6.45) is 4.72. The molecule has 0 aromatic carbocycles. The first-order valence-corrected chi connectivity index (χ1v) is 5.30. The molecule has 0 aromatic heterocycles. The van der Waals surface area contributed by atoms with Gasteiger partial charge in [0.25, 0.3) is 0 Å². The first-order valence-electron chi connectivity index (χ1n) is 5.30. The third-order valence-corrected chi connectivity index (χ3v) is 2.69. The molecular formula is C11H20N2. The predicted octanol–water partition coefficient (Wildman–Crippen LogP) is 2.32. The molecule has 1 saturated carbocycles. The van der Waals surface area contributed by atoms with Crippen LogP contribution in [0.1, 0.15) is 39.5 Å². The van der Waals surface area contributed by atoms with Gasteiger partial charge < -0.3 is 5.32 Å². The van der Waals surface area contributed by atoms with E-state index in [1.54, 1.807) is 0 Å². The van der Waals surface area contributed by atoms with E-state index in [2.05, 4.69) is 25.2 Å². The van der Waals surface area contributed by atoms with E-state index < -0.39 is 0 Å². The lowest BCUT2D eigenvalue weighted by molar-refractivity contribution is 0.499. The highest BCUT2D eigenvalue weighted by atomic mass is 14.9. The van der Waals surface area contributed by atoms with Gasteiger partial charge in [-0.05, 0) is 38.1 Å². The molecule has 0 unspecified atom stereocenters. The largest absolute Gasteiger partial charge is 0.315 e. The minimum Gasteiger partial charge on any atom is -0.315 e. The zero-order valence-electron chi connectivity index (χ0n) is 8.77. The number of hydrogen-bond acceptors (Lipinski definition) is 2. The van der Waals surface area contributed by atoms with E-state index in [1.165, 1.54) is 12.8 Å². The second-order valence-electron chi connectivity index (χ2n) is 4.60. The summed E-state index contributed by atoms with van der Waals surface area (Å²) in [4.78, 5) is 0. The van der Waals surface area contributed by atoms with Crippen LogP contribution in [-0.4, -0.2) is 13.1 Å². The Bertz CT molecular complexity index is 187. The molecule has 0 aliphatic heterocycles. The second kappa shape index (κ2) is 4.62. The molecule has 1 rings (SSSR count). The number of hydrogen-bond donors (Lipinski definition) is 1. The number of nitriles is 1. The summed E-state index contributed by atoms with van der Waals surface area (Å²) in [6.45, 7) is 6.47. The van der Waals surface area contributed by atoms with Gasteiger partial charge in [-0.25, -0.2) is 0 Å². The van der Waals surface area contributed by atoms with Crippen molar-refractivity contribution in [2.24, 2.45) is 11.3 Å². The maximum atomic E-state index is 8.81. The van der Waals surface area contributed by atoms with Crippen LogP contribution in [0.4, 0.5) is 0 Å². The molecule has 2 heteroatoms. The summed E-state index contributed by atoms with van der Waals surface area (Å²) < 4.78 is 0. The SMILES string of the molecule is CC(C)CCCNCC1(C#N)CC1. The molecule has 0 heterocycles. The summed E-state index contributed by atoms with van der Waals surface area (Å²) in [5, 5.41) is 12.2. The van der Waals surface area contributed by atoms with Crippen LogP contribution in [0.25, 0.3) is 0 Å². The molecule has 74 valence electrons. The number of rotatable bonds is 6. The van der Waals surface area contributed by atoms with Crippen molar-refractivity contribution in [2.45, 2.75) is 39.5 Å². The van der Waals surface area contributed by atoms with Crippen LogP contribution in [0.5, 0.6) is 0 Å². The molecule has 13 heavy (non-hydrogen) atoms. The molecule has 0 saturated heterocycles. The molecule has 0 aromatic rings. The van der Waals surface area contributed by atoms with Gasteiger partial charge in [-0.15, -0.1) is 0 Å². The zero-order chi connectivity index (χ0) is 9.73. The van der Waals surface area contributed by atoms with E-state index in [1.807, 2.05) is 0 Å². The topological polar surface area (TPSA) is 35.8 Å². The molecule has 0 atom stereocenters. The lowest BCUT2D eigenvalue weighted by Crippen LogP contribution is -2.24. The predicted molar refractivity (Wildman–Crippen MR) is 54.2 cm³/mol. The quantitative estimate of drug-likeness (QED) is 0.637. The minimum absolute atomic E-state index is 0.0256. The van der Waals surface area contributed by atoms with Crippen LogP contribution >= 0.6 is 0 Å². The van der Waals surface area contributed by atoms with Gasteiger partial charge in [-0.2, -0.15) is 5.26 Å². The van der Waals surface area contributed by atoms with Crippen LogP contribution in [0.15, 0.2) is 0 Å².